The standard InChI is InChI=1S/C48H59N9O5/c1-47(2,3)62-46(60)56-30-48(31-56)25-35(26-48)55-21-17-33(18-22-55)34-27-50-44(51-28-34)57-23-19-38-42(37-24-39(53-54-43(37)52-38)36-14-9-10-16-41(36)58)40(57)15-8-5-11-20-49-45(59)61-29-32-12-6-4-7-13-32/h4,6-7,9-10,12-14,16,24,27-28,33,35,40,58H,5,8,11,15,17-23,25-26,29-31H2,1-3H3,(H,49,59)(H,52,54)/t40-/m0/s1. The maximum atomic E-state index is 12.5. The maximum absolute atomic E-state index is 12.5. The fourth-order valence-corrected chi connectivity index (χ4v) is 10.1. The third-order valence-electron chi connectivity index (χ3n) is 13.3. The number of phenols is 1. The van der Waals surface area contributed by atoms with Crippen molar-refractivity contribution in [3.8, 4) is 17.0 Å². The van der Waals surface area contributed by atoms with Crippen LogP contribution in [0.2, 0.25) is 0 Å². The van der Waals surface area contributed by atoms with E-state index in [4.69, 9.17) is 19.4 Å². The first-order valence-electron chi connectivity index (χ1n) is 22.4. The highest BCUT2D eigenvalue weighted by atomic mass is 16.6. The number of fused-ring (bicyclic) bond motifs is 3. The van der Waals surface area contributed by atoms with Crippen molar-refractivity contribution in [2.24, 2.45) is 5.41 Å². The number of likely N-dealkylation sites (tertiary alicyclic amines) is 2. The fraction of sp³-hybridized carbons (Fsp3) is 0.500. The lowest BCUT2D eigenvalue weighted by Crippen LogP contribution is -2.68. The molecule has 326 valence electrons. The van der Waals surface area contributed by atoms with Gasteiger partial charge in [-0.3, -0.25) is 0 Å². The number of aromatic nitrogens is 5. The Morgan fingerprint density at radius 2 is 1.68 bits per heavy atom. The summed E-state index contributed by atoms with van der Waals surface area (Å²) < 4.78 is 11.0. The van der Waals surface area contributed by atoms with Gasteiger partial charge in [-0.1, -0.05) is 55.3 Å². The monoisotopic (exact) mass is 841 g/mol. The molecule has 6 heterocycles. The first-order chi connectivity index (χ1) is 30.0. The van der Waals surface area contributed by atoms with Gasteiger partial charge in [0.1, 0.15) is 18.0 Å². The van der Waals surface area contributed by atoms with Gasteiger partial charge in [-0.25, -0.2) is 19.6 Å². The van der Waals surface area contributed by atoms with E-state index in [0.717, 1.165) is 119 Å². The van der Waals surface area contributed by atoms with Gasteiger partial charge in [-0.2, -0.15) is 0 Å². The number of aromatic hydroxyl groups is 1. The van der Waals surface area contributed by atoms with Crippen LogP contribution in [0, 0.1) is 5.41 Å². The van der Waals surface area contributed by atoms with Crippen molar-refractivity contribution in [2.75, 3.05) is 44.2 Å². The van der Waals surface area contributed by atoms with Crippen LogP contribution in [0.15, 0.2) is 73.1 Å². The second-order valence-corrected chi connectivity index (χ2v) is 18.8. The smallest absolute Gasteiger partial charge is 0.410 e. The number of aromatic amines is 1. The molecule has 0 radical (unpaired) electrons. The van der Waals surface area contributed by atoms with E-state index in [2.05, 4.69) is 30.3 Å². The lowest BCUT2D eigenvalue weighted by atomic mass is 9.60. The van der Waals surface area contributed by atoms with Crippen LogP contribution in [-0.4, -0.2) is 103 Å². The Morgan fingerprint density at radius 1 is 0.935 bits per heavy atom. The van der Waals surface area contributed by atoms with Crippen LogP contribution >= 0.6 is 0 Å². The van der Waals surface area contributed by atoms with E-state index in [-0.39, 0.29) is 29.9 Å². The number of unbranched alkanes of at least 4 members (excludes halogenated alkanes) is 2. The minimum atomic E-state index is -0.463. The number of amides is 2. The normalized spacial score (nSPS) is 19.2. The maximum Gasteiger partial charge on any atom is 0.410 e. The van der Waals surface area contributed by atoms with Gasteiger partial charge in [0.25, 0.3) is 0 Å². The van der Waals surface area contributed by atoms with Crippen LogP contribution in [0.5, 0.6) is 5.75 Å². The molecule has 4 aliphatic rings. The Morgan fingerprint density at radius 3 is 2.42 bits per heavy atom. The van der Waals surface area contributed by atoms with Gasteiger partial charge in [-0.15, -0.1) is 10.2 Å². The second kappa shape index (κ2) is 17.5. The molecule has 5 aromatic rings. The molecule has 2 saturated heterocycles. The number of carbonyl (C=O) groups excluding carboxylic acids is 2. The molecule has 1 aliphatic carbocycles. The highest BCUT2D eigenvalue weighted by molar-refractivity contribution is 5.86. The third kappa shape index (κ3) is 9.06. The molecule has 1 saturated carbocycles. The van der Waals surface area contributed by atoms with Crippen LogP contribution in [0.1, 0.15) is 106 Å². The fourth-order valence-electron chi connectivity index (χ4n) is 10.1. The molecule has 1 spiro atoms. The number of hydrogen-bond acceptors (Lipinski definition) is 11. The number of hydrogen-bond donors (Lipinski definition) is 3. The minimum absolute atomic E-state index is 0.00976. The van der Waals surface area contributed by atoms with E-state index in [1.54, 1.807) is 12.1 Å². The zero-order chi connectivity index (χ0) is 42.8. The van der Waals surface area contributed by atoms with Crippen molar-refractivity contribution in [1.29, 1.82) is 0 Å². The Bertz CT molecular complexity index is 2340. The summed E-state index contributed by atoms with van der Waals surface area (Å²) in [5.41, 5.74) is 6.28. The van der Waals surface area contributed by atoms with Gasteiger partial charge < -0.3 is 39.6 Å². The van der Waals surface area contributed by atoms with E-state index in [1.807, 2.05) is 86.6 Å². The molecule has 2 aromatic carbocycles. The van der Waals surface area contributed by atoms with E-state index < -0.39 is 11.7 Å². The van der Waals surface area contributed by atoms with E-state index >= 15 is 0 Å². The summed E-state index contributed by atoms with van der Waals surface area (Å²) >= 11 is 0. The largest absolute Gasteiger partial charge is 0.507 e. The average molecular weight is 842 g/mol. The van der Waals surface area contributed by atoms with Gasteiger partial charge in [0.2, 0.25) is 5.95 Å². The Hall–Kier alpha value is -5.76. The minimum Gasteiger partial charge on any atom is -0.507 e. The summed E-state index contributed by atoms with van der Waals surface area (Å²) in [5.74, 6) is 1.31. The number of ether oxygens (including phenoxy) is 2. The van der Waals surface area contributed by atoms with Gasteiger partial charge >= 0.3 is 12.2 Å². The molecule has 62 heavy (non-hydrogen) atoms. The van der Waals surface area contributed by atoms with Gasteiger partial charge in [0.05, 0.1) is 11.7 Å². The predicted octanol–water partition coefficient (Wildman–Crippen LogP) is 8.29. The van der Waals surface area contributed by atoms with E-state index in [0.29, 0.717) is 29.8 Å². The molecule has 0 bridgehead atoms. The number of benzene rings is 2. The van der Waals surface area contributed by atoms with Gasteiger partial charge in [-0.05, 0) is 108 Å². The van der Waals surface area contributed by atoms with Crippen molar-refractivity contribution in [2.45, 2.75) is 109 Å². The molecular formula is C48H59N9O5. The predicted molar refractivity (Wildman–Crippen MR) is 237 cm³/mol. The number of rotatable bonds is 12. The molecule has 3 N–H and O–H groups in total. The first-order valence-corrected chi connectivity index (χ1v) is 22.4. The van der Waals surface area contributed by atoms with E-state index in [1.165, 1.54) is 11.1 Å². The summed E-state index contributed by atoms with van der Waals surface area (Å²) in [6.45, 7) is 11.1. The third-order valence-corrected chi connectivity index (χ3v) is 13.3. The number of H-pyrrole nitrogens is 1. The number of nitrogens with one attached hydrogen (secondary N) is 2. The number of piperidine rings is 1. The summed E-state index contributed by atoms with van der Waals surface area (Å²) in [6, 6.07) is 19.5. The molecule has 14 heteroatoms. The van der Waals surface area contributed by atoms with Crippen LogP contribution in [-0.2, 0) is 22.5 Å². The summed E-state index contributed by atoms with van der Waals surface area (Å²) in [6.07, 6.45) is 12.3. The quantitative estimate of drug-likeness (QED) is 0.104. The van der Waals surface area contributed by atoms with Crippen molar-refractivity contribution in [3.05, 3.63) is 95.4 Å². The molecule has 1 atom stereocenters. The average Bonchev–Trinajstić information content (AvgIpc) is 3.62. The highest BCUT2D eigenvalue weighted by Gasteiger charge is 2.55. The molecule has 0 unspecified atom stereocenters. The molecule has 14 nitrogen and oxygen atoms in total. The van der Waals surface area contributed by atoms with Crippen LogP contribution < -0.4 is 10.2 Å². The Balaban J connectivity index is 0.832. The van der Waals surface area contributed by atoms with Crippen molar-refractivity contribution in [1.82, 2.24) is 40.3 Å². The number of anilines is 1. The second-order valence-electron chi connectivity index (χ2n) is 18.8. The zero-order valence-electron chi connectivity index (χ0n) is 36.2. The van der Waals surface area contributed by atoms with E-state index in [9.17, 15) is 14.7 Å². The summed E-state index contributed by atoms with van der Waals surface area (Å²) in [4.78, 5) is 45.4. The molecular weight excluding hydrogens is 783 g/mol. The first kappa shape index (κ1) is 41.6. The van der Waals surface area contributed by atoms with Crippen molar-refractivity contribution < 1.29 is 24.2 Å². The Kier molecular flexibility index (Phi) is 11.8. The Labute approximate surface area is 363 Å². The van der Waals surface area contributed by atoms with Crippen molar-refractivity contribution in [3.63, 3.8) is 0 Å². The van der Waals surface area contributed by atoms with Crippen LogP contribution in [0.25, 0.3) is 22.3 Å². The zero-order valence-corrected chi connectivity index (χ0v) is 36.2. The molecule has 2 amide bonds. The van der Waals surface area contributed by atoms with Gasteiger partial charge in [0.15, 0.2) is 5.65 Å². The number of para-hydroxylation sites is 1. The summed E-state index contributed by atoms with van der Waals surface area (Å²) in [5, 5.41) is 23.6. The molecule has 3 aromatic heterocycles. The molecule has 3 fully saturated rings. The topological polar surface area (TPSA) is 162 Å². The number of alkyl carbamates (subject to hydrolysis) is 1. The SMILES string of the molecule is CC(C)(C)OC(=O)N1CC2(CC(N3CCC(c4cnc(N5CCc6[nH]c7nnc(-c8ccccc8O)cc7c6[C@@H]5CCCCCNC(=O)OCc5ccccc5)nc4)CC3)C2)C1. The summed E-state index contributed by atoms with van der Waals surface area (Å²) in [7, 11) is 0. The number of nitrogens with zero attached hydrogens (tertiary/aromatic N) is 7. The highest BCUT2D eigenvalue weighted by Crippen LogP contribution is 2.51. The van der Waals surface area contributed by atoms with Gasteiger partial charge in [0, 0.05) is 78.7 Å². The lowest BCUT2D eigenvalue weighted by Gasteiger charge is -2.61. The van der Waals surface area contributed by atoms with Crippen LogP contribution in [0.3, 0.4) is 0 Å². The number of carbonyl (C=O) groups is 2. The molecule has 9 rings (SSSR count). The van der Waals surface area contributed by atoms with Crippen molar-refractivity contribution >= 4 is 29.2 Å². The molecule has 3 aliphatic heterocycles. The van der Waals surface area contributed by atoms with Crippen LogP contribution in [0.4, 0.5) is 15.5 Å². The lowest BCUT2D eigenvalue weighted by molar-refractivity contribution is -0.110. The number of phenolic OH excluding ortho intramolecular Hbond substituents is 1.